The van der Waals surface area contributed by atoms with Crippen LogP contribution in [0.15, 0.2) is 50.9 Å². The third-order valence-electron chi connectivity index (χ3n) is 4.19. The quantitative estimate of drug-likeness (QED) is 0.572. The number of aromatic nitrogens is 2. The van der Waals surface area contributed by atoms with Crippen LogP contribution >= 0.6 is 0 Å². The lowest BCUT2D eigenvalue weighted by Crippen LogP contribution is -2.29. The maximum Gasteiger partial charge on any atom is 0.314 e. The molecule has 3 aromatic rings. The molecule has 8 nitrogen and oxygen atoms in total. The van der Waals surface area contributed by atoms with E-state index in [1.165, 1.54) is 25.3 Å². The predicted octanol–water partition coefficient (Wildman–Crippen LogP) is 1.57. The fraction of sp³-hybridized carbons (Fsp3) is 0.222. The van der Waals surface area contributed by atoms with Crippen LogP contribution in [-0.4, -0.2) is 25.5 Å². The molecule has 0 saturated carbocycles. The molecule has 0 unspecified atom stereocenters. The van der Waals surface area contributed by atoms with Gasteiger partial charge in [-0.15, -0.1) is 0 Å². The maximum absolute atomic E-state index is 12.8. The van der Waals surface area contributed by atoms with Crippen LogP contribution in [0, 0.1) is 6.92 Å². The first-order valence-corrected chi connectivity index (χ1v) is 9.63. The Morgan fingerprint density at radius 3 is 2.33 bits per heavy atom. The summed E-state index contributed by atoms with van der Waals surface area (Å²) in [6.45, 7) is 3.62. The highest BCUT2D eigenvalue weighted by atomic mass is 32.2. The minimum absolute atomic E-state index is 0.0313. The number of ether oxygens (including phenoxy) is 1. The van der Waals surface area contributed by atoms with Crippen LogP contribution < -0.4 is 20.6 Å². The van der Waals surface area contributed by atoms with E-state index in [4.69, 9.17) is 4.74 Å². The average molecular weight is 389 g/mol. The van der Waals surface area contributed by atoms with E-state index in [-0.39, 0.29) is 10.4 Å². The summed E-state index contributed by atoms with van der Waals surface area (Å²) in [7, 11) is -2.36. The second kappa shape index (κ2) is 7.01. The minimum Gasteiger partial charge on any atom is -0.496 e. The summed E-state index contributed by atoms with van der Waals surface area (Å²) in [5.74, 6) is 0.580. The van der Waals surface area contributed by atoms with Crippen molar-refractivity contribution in [2.45, 2.75) is 24.8 Å². The third kappa shape index (κ3) is 3.79. The lowest BCUT2D eigenvalue weighted by atomic mass is 10.1. The summed E-state index contributed by atoms with van der Waals surface area (Å²) < 4.78 is 33.5. The smallest absolute Gasteiger partial charge is 0.314 e. The Hall–Kier alpha value is -2.91. The van der Waals surface area contributed by atoms with E-state index < -0.39 is 27.2 Å². The molecule has 2 aromatic carbocycles. The van der Waals surface area contributed by atoms with Gasteiger partial charge in [-0.3, -0.25) is 9.59 Å². The van der Waals surface area contributed by atoms with Gasteiger partial charge in [-0.25, -0.2) is 13.1 Å². The number of H-pyrrole nitrogens is 2. The van der Waals surface area contributed by atoms with Gasteiger partial charge in [0.05, 0.1) is 23.0 Å². The van der Waals surface area contributed by atoms with E-state index in [9.17, 15) is 18.0 Å². The Morgan fingerprint density at radius 1 is 1.00 bits per heavy atom. The van der Waals surface area contributed by atoms with Crippen molar-refractivity contribution in [1.29, 1.82) is 0 Å². The molecule has 1 heterocycles. The first kappa shape index (κ1) is 18.9. The summed E-state index contributed by atoms with van der Waals surface area (Å²) in [5, 5.41) is 0. The van der Waals surface area contributed by atoms with Crippen LogP contribution in [0.25, 0.3) is 11.0 Å². The molecule has 0 bridgehead atoms. The van der Waals surface area contributed by atoms with Gasteiger partial charge < -0.3 is 14.7 Å². The van der Waals surface area contributed by atoms with Gasteiger partial charge in [0.25, 0.3) is 0 Å². The normalized spacial score (nSPS) is 12.9. The molecule has 0 fully saturated rings. The summed E-state index contributed by atoms with van der Waals surface area (Å²) in [6.07, 6.45) is 0. The number of hydrogen-bond acceptors (Lipinski definition) is 5. The fourth-order valence-electron chi connectivity index (χ4n) is 2.82. The van der Waals surface area contributed by atoms with Crippen LogP contribution in [0.2, 0.25) is 0 Å². The molecule has 0 saturated heterocycles. The van der Waals surface area contributed by atoms with E-state index in [2.05, 4.69) is 14.7 Å². The van der Waals surface area contributed by atoms with Gasteiger partial charge in [0.15, 0.2) is 0 Å². The lowest BCUT2D eigenvalue weighted by Gasteiger charge is -2.18. The number of fused-ring (bicyclic) bond motifs is 1. The standard InChI is InChI=1S/C18H19N3O5S/c1-10-4-7-16(26-3)13(8-10)11(2)21-27(24,25)12-5-6-14-15(9-12)20-18(23)17(22)19-14/h4-9,11,21H,1-3H3,(H,19,22)(H,20,23)/t11-/m1/s1. The molecule has 3 N–H and O–H groups in total. The lowest BCUT2D eigenvalue weighted by molar-refractivity contribution is 0.405. The zero-order chi connectivity index (χ0) is 19.8. The number of rotatable bonds is 5. The van der Waals surface area contributed by atoms with E-state index in [1.54, 1.807) is 13.0 Å². The number of methoxy groups -OCH3 is 1. The Bertz CT molecular complexity index is 1230. The van der Waals surface area contributed by atoms with Gasteiger partial charge in [0.1, 0.15) is 5.75 Å². The second-order valence-electron chi connectivity index (χ2n) is 6.20. The molecule has 1 atom stereocenters. The van der Waals surface area contributed by atoms with Gasteiger partial charge in [-0.05, 0) is 38.1 Å². The summed E-state index contributed by atoms with van der Waals surface area (Å²) in [6, 6.07) is 9.06. The van der Waals surface area contributed by atoms with Crippen molar-refractivity contribution < 1.29 is 13.2 Å². The number of nitrogens with one attached hydrogen (secondary N) is 3. The van der Waals surface area contributed by atoms with Crippen LogP contribution in [0.4, 0.5) is 0 Å². The van der Waals surface area contributed by atoms with E-state index in [1.807, 2.05) is 19.1 Å². The summed E-state index contributed by atoms with van der Waals surface area (Å²) in [5.41, 5.74) is 0.609. The molecular formula is C18H19N3O5S. The molecule has 9 heteroatoms. The molecule has 27 heavy (non-hydrogen) atoms. The van der Waals surface area contributed by atoms with Gasteiger partial charge in [0, 0.05) is 11.6 Å². The zero-order valence-electron chi connectivity index (χ0n) is 15.0. The maximum atomic E-state index is 12.8. The van der Waals surface area contributed by atoms with Crippen LogP contribution in [0.1, 0.15) is 24.1 Å². The number of benzene rings is 2. The minimum atomic E-state index is -3.88. The van der Waals surface area contributed by atoms with Crippen molar-refractivity contribution in [3.8, 4) is 5.75 Å². The predicted molar refractivity (Wildman–Crippen MR) is 102 cm³/mol. The molecule has 0 aliphatic heterocycles. The average Bonchev–Trinajstić information content (AvgIpc) is 2.61. The largest absolute Gasteiger partial charge is 0.496 e. The Kier molecular flexibility index (Phi) is 4.90. The van der Waals surface area contributed by atoms with Crippen LogP contribution in [0.3, 0.4) is 0 Å². The zero-order valence-corrected chi connectivity index (χ0v) is 15.8. The topological polar surface area (TPSA) is 121 Å². The highest BCUT2D eigenvalue weighted by Crippen LogP contribution is 2.27. The Balaban J connectivity index is 1.98. The molecule has 3 rings (SSSR count). The first-order valence-electron chi connectivity index (χ1n) is 8.14. The molecule has 0 amide bonds. The highest BCUT2D eigenvalue weighted by Gasteiger charge is 2.21. The van der Waals surface area contributed by atoms with Gasteiger partial charge in [-0.1, -0.05) is 17.7 Å². The Labute approximate surface area is 155 Å². The van der Waals surface area contributed by atoms with Gasteiger partial charge in [-0.2, -0.15) is 0 Å². The molecule has 1 aromatic heterocycles. The Morgan fingerprint density at radius 2 is 1.67 bits per heavy atom. The fourth-order valence-corrected chi connectivity index (χ4v) is 4.07. The van der Waals surface area contributed by atoms with Crippen molar-refractivity contribution in [2.24, 2.45) is 0 Å². The van der Waals surface area contributed by atoms with Crippen LogP contribution in [-0.2, 0) is 10.0 Å². The number of aryl methyl sites for hydroxylation is 1. The van der Waals surface area contributed by atoms with Gasteiger partial charge in [0.2, 0.25) is 10.0 Å². The molecular weight excluding hydrogens is 370 g/mol. The van der Waals surface area contributed by atoms with Crippen molar-refractivity contribution in [2.75, 3.05) is 7.11 Å². The van der Waals surface area contributed by atoms with E-state index in [0.717, 1.165) is 5.56 Å². The molecule has 0 aliphatic rings. The van der Waals surface area contributed by atoms with Gasteiger partial charge >= 0.3 is 11.1 Å². The third-order valence-corrected chi connectivity index (χ3v) is 5.73. The number of sulfonamides is 1. The second-order valence-corrected chi connectivity index (χ2v) is 7.92. The molecule has 0 radical (unpaired) electrons. The van der Waals surface area contributed by atoms with E-state index >= 15 is 0 Å². The monoisotopic (exact) mass is 389 g/mol. The van der Waals surface area contributed by atoms with Crippen molar-refractivity contribution in [1.82, 2.24) is 14.7 Å². The van der Waals surface area contributed by atoms with Crippen molar-refractivity contribution in [3.63, 3.8) is 0 Å². The molecule has 0 aliphatic carbocycles. The van der Waals surface area contributed by atoms with Crippen molar-refractivity contribution >= 4 is 21.1 Å². The van der Waals surface area contributed by atoms with Crippen LogP contribution in [0.5, 0.6) is 5.75 Å². The first-order chi connectivity index (χ1) is 12.7. The SMILES string of the molecule is COc1ccc(C)cc1[C@@H](C)NS(=O)(=O)c1ccc2[nH]c(=O)c(=O)[nH]c2c1. The molecule has 0 spiro atoms. The molecule has 142 valence electrons. The number of aromatic amines is 2. The summed E-state index contributed by atoms with van der Waals surface area (Å²) >= 11 is 0. The summed E-state index contributed by atoms with van der Waals surface area (Å²) in [4.78, 5) is 27.6. The van der Waals surface area contributed by atoms with Crippen molar-refractivity contribution in [3.05, 3.63) is 68.2 Å². The van der Waals surface area contributed by atoms with E-state index in [0.29, 0.717) is 16.8 Å². The highest BCUT2D eigenvalue weighted by molar-refractivity contribution is 7.89. The number of hydrogen-bond donors (Lipinski definition) is 3.